The third kappa shape index (κ3) is 2.59. The molecule has 0 saturated heterocycles. The molecule has 7 heteroatoms. The van der Waals surface area contributed by atoms with Gasteiger partial charge in [0.05, 0.1) is 5.69 Å². The molecule has 1 aromatic carbocycles. The first-order chi connectivity index (χ1) is 7.54. The number of H-pyrrole nitrogens is 1. The van der Waals surface area contributed by atoms with E-state index in [0.717, 1.165) is 5.56 Å². The summed E-state index contributed by atoms with van der Waals surface area (Å²) in [5.74, 6) is -0.0821. The van der Waals surface area contributed by atoms with Gasteiger partial charge in [-0.3, -0.25) is 5.10 Å². The fraction of sp³-hybridized carbons (Fsp3) is 0. The van der Waals surface area contributed by atoms with Gasteiger partial charge >= 0.3 is 10.3 Å². The van der Waals surface area contributed by atoms with E-state index < -0.39 is 10.3 Å². The maximum absolute atomic E-state index is 10.6. The Balaban J connectivity index is 2.27. The Hall–Kier alpha value is -1.86. The number of rotatable bonds is 3. The zero-order valence-corrected chi connectivity index (χ0v) is 8.94. The molecule has 84 valence electrons. The summed E-state index contributed by atoms with van der Waals surface area (Å²) in [6.07, 6.45) is 0. The van der Waals surface area contributed by atoms with Crippen molar-refractivity contribution in [2.24, 2.45) is 5.14 Å². The molecule has 0 atom stereocenters. The van der Waals surface area contributed by atoms with Crippen LogP contribution in [0.3, 0.4) is 0 Å². The van der Waals surface area contributed by atoms with E-state index >= 15 is 0 Å². The third-order valence-electron chi connectivity index (χ3n) is 1.84. The Morgan fingerprint density at radius 3 is 2.56 bits per heavy atom. The third-order valence-corrected chi connectivity index (χ3v) is 2.24. The minimum absolute atomic E-state index is 0.0821. The van der Waals surface area contributed by atoms with Gasteiger partial charge < -0.3 is 4.18 Å². The van der Waals surface area contributed by atoms with Crippen molar-refractivity contribution in [1.29, 1.82) is 0 Å². The van der Waals surface area contributed by atoms with E-state index in [4.69, 9.17) is 5.14 Å². The molecule has 0 saturated carbocycles. The average Bonchev–Trinajstić information content (AvgIpc) is 2.65. The van der Waals surface area contributed by atoms with E-state index in [1.165, 1.54) is 6.07 Å². The molecule has 0 fully saturated rings. The summed E-state index contributed by atoms with van der Waals surface area (Å²) in [5, 5.41) is 11.0. The average molecular weight is 239 g/mol. The highest BCUT2D eigenvalue weighted by Gasteiger charge is 2.09. The summed E-state index contributed by atoms with van der Waals surface area (Å²) >= 11 is 0. The van der Waals surface area contributed by atoms with Gasteiger partial charge in [-0.15, -0.1) is 5.10 Å². The number of nitrogens with zero attached hydrogens (tertiary/aromatic N) is 1. The molecule has 2 aromatic rings. The first-order valence-corrected chi connectivity index (χ1v) is 5.85. The van der Waals surface area contributed by atoms with Crippen LogP contribution in [0.1, 0.15) is 0 Å². The molecule has 0 aliphatic carbocycles. The van der Waals surface area contributed by atoms with Crippen molar-refractivity contribution >= 4 is 10.3 Å². The summed E-state index contributed by atoms with van der Waals surface area (Å²) in [5.41, 5.74) is 1.53. The van der Waals surface area contributed by atoms with Crippen LogP contribution in [0, 0.1) is 0 Å². The first kappa shape index (κ1) is 10.7. The largest absolute Gasteiger partial charge is 0.381 e. The number of hydrogen-bond acceptors (Lipinski definition) is 4. The van der Waals surface area contributed by atoms with Crippen molar-refractivity contribution in [2.75, 3.05) is 0 Å². The molecule has 3 N–H and O–H groups in total. The molecule has 0 spiro atoms. The molecule has 0 bridgehead atoms. The topological polar surface area (TPSA) is 98.1 Å². The number of benzene rings is 1. The standard InChI is InChI=1S/C9H9N3O3S/c10-16(13,14)15-9-6-8(11-12-9)7-4-2-1-3-5-7/h1-6H,(H,11,12)(H2,10,13,14). The Bertz CT molecular complexity index is 577. The lowest BCUT2D eigenvalue weighted by Gasteiger charge is -1.95. The van der Waals surface area contributed by atoms with Crippen LogP contribution >= 0.6 is 0 Å². The normalized spacial score (nSPS) is 11.3. The number of hydrogen-bond donors (Lipinski definition) is 2. The summed E-state index contributed by atoms with van der Waals surface area (Å²) in [6, 6.07) is 10.8. The van der Waals surface area contributed by atoms with Gasteiger partial charge in [0.25, 0.3) is 5.88 Å². The quantitative estimate of drug-likeness (QED) is 0.821. The molecule has 0 radical (unpaired) electrons. The monoisotopic (exact) mass is 239 g/mol. The SMILES string of the molecule is NS(=O)(=O)Oc1cc(-c2ccccc2)[nH]n1. The van der Waals surface area contributed by atoms with E-state index in [1.807, 2.05) is 30.3 Å². The van der Waals surface area contributed by atoms with Crippen LogP contribution in [-0.4, -0.2) is 18.6 Å². The molecule has 2 rings (SSSR count). The smallest absolute Gasteiger partial charge is 0.349 e. The van der Waals surface area contributed by atoms with Gasteiger partial charge in [0.15, 0.2) is 0 Å². The van der Waals surface area contributed by atoms with Gasteiger partial charge in [0, 0.05) is 6.07 Å². The minimum atomic E-state index is -4.03. The Morgan fingerprint density at radius 1 is 1.25 bits per heavy atom. The fourth-order valence-electron chi connectivity index (χ4n) is 1.23. The molecule has 0 aliphatic rings. The molecular weight excluding hydrogens is 230 g/mol. The fourth-order valence-corrected chi connectivity index (χ4v) is 1.55. The maximum atomic E-state index is 10.6. The highest BCUT2D eigenvalue weighted by Crippen LogP contribution is 2.20. The Kier molecular flexibility index (Phi) is 2.63. The van der Waals surface area contributed by atoms with Crippen molar-refractivity contribution in [3.05, 3.63) is 36.4 Å². The van der Waals surface area contributed by atoms with Gasteiger partial charge in [0.2, 0.25) is 0 Å². The van der Waals surface area contributed by atoms with Crippen LogP contribution in [0.5, 0.6) is 5.88 Å². The number of aromatic nitrogens is 2. The Morgan fingerprint density at radius 2 is 1.94 bits per heavy atom. The van der Waals surface area contributed by atoms with Gasteiger partial charge in [-0.05, 0) is 5.56 Å². The summed E-state index contributed by atoms with van der Waals surface area (Å²) in [6.45, 7) is 0. The van der Waals surface area contributed by atoms with E-state index in [9.17, 15) is 8.42 Å². The molecule has 0 aliphatic heterocycles. The number of aromatic amines is 1. The summed E-state index contributed by atoms with van der Waals surface area (Å²) in [4.78, 5) is 0. The van der Waals surface area contributed by atoms with Crippen LogP contribution in [0.4, 0.5) is 0 Å². The van der Waals surface area contributed by atoms with E-state index in [-0.39, 0.29) is 5.88 Å². The van der Waals surface area contributed by atoms with Crippen LogP contribution in [-0.2, 0) is 10.3 Å². The van der Waals surface area contributed by atoms with Crippen molar-refractivity contribution in [3.63, 3.8) is 0 Å². The summed E-state index contributed by atoms with van der Waals surface area (Å²) < 4.78 is 25.7. The minimum Gasteiger partial charge on any atom is -0.349 e. The van der Waals surface area contributed by atoms with E-state index in [1.54, 1.807) is 0 Å². The zero-order valence-electron chi connectivity index (χ0n) is 8.12. The molecular formula is C9H9N3O3S. The van der Waals surface area contributed by atoms with Crippen molar-refractivity contribution in [3.8, 4) is 17.1 Å². The van der Waals surface area contributed by atoms with Crippen molar-refractivity contribution in [1.82, 2.24) is 10.2 Å². The second-order valence-electron chi connectivity index (χ2n) is 3.06. The van der Waals surface area contributed by atoms with Crippen LogP contribution in [0.25, 0.3) is 11.3 Å². The van der Waals surface area contributed by atoms with Crippen molar-refractivity contribution in [2.45, 2.75) is 0 Å². The highest BCUT2D eigenvalue weighted by atomic mass is 32.2. The van der Waals surface area contributed by atoms with E-state index in [0.29, 0.717) is 5.69 Å². The molecule has 1 heterocycles. The van der Waals surface area contributed by atoms with Crippen LogP contribution in [0.2, 0.25) is 0 Å². The van der Waals surface area contributed by atoms with Gasteiger partial charge in [0.1, 0.15) is 0 Å². The van der Waals surface area contributed by atoms with Crippen LogP contribution in [0.15, 0.2) is 36.4 Å². The predicted octanol–water partition coefficient (Wildman–Crippen LogP) is 0.659. The van der Waals surface area contributed by atoms with E-state index in [2.05, 4.69) is 14.4 Å². The highest BCUT2D eigenvalue weighted by molar-refractivity contribution is 7.84. The van der Waals surface area contributed by atoms with Gasteiger partial charge in [-0.1, -0.05) is 30.3 Å². The van der Waals surface area contributed by atoms with Gasteiger partial charge in [-0.25, -0.2) is 0 Å². The molecule has 0 unspecified atom stereocenters. The molecule has 1 aromatic heterocycles. The zero-order chi connectivity index (χ0) is 11.6. The lowest BCUT2D eigenvalue weighted by atomic mass is 10.2. The molecule has 0 amide bonds. The summed E-state index contributed by atoms with van der Waals surface area (Å²) in [7, 11) is -4.03. The lowest BCUT2D eigenvalue weighted by Crippen LogP contribution is -2.19. The number of nitrogens with one attached hydrogen (secondary N) is 1. The van der Waals surface area contributed by atoms with Crippen molar-refractivity contribution < 1.29 is 12.6 Å². The lowest BCUT2D eigenvalue weighted by molar-refractivity contribution is 0.477. The molecule has 6 nitrogen and oxygen atoms in total. The van der Waals surface area contributed by atoms with Gasteiger partial charge in [-0.2, -0.15) is 13.6 Å². The molecule has 16 heavy (non-hydrogen) atoms. The Labute approximate surface area is 92.3 Å². The maximum Gasteiger partial charge on any atom is 0.381 e. The second kappa shape index (κ2) is 3.95. The first-order valence-electron chi connectivity index (χ1n) is 4.38. The second-order valence-corrected chi connectivity index (χ2v) is 4.21. The number of nitrogens with two attached hydrogens (primary N) is 1. The van der Waals surface area contributed by atoms with Crippen LogP contribution < -0.4 is 9.32 Å². The predicted molar refractivity (Wildman–Crippen MR) is 57.8 cm³/mol.